The SMILES string of the molecule is CC(NC(=O)c1cncnc1)c1ccc(S(=O)(=O)Cl)cc1. The van der Waals surface area contributed by atoms with Gasteiger partial charge in [0, 0.05) is 23.1 Å². The second-order valence-electron chi connectivity index (χ2n) is 4.33. The van der Waals surface area contributed by atoms with E-state index in [0.29, 0.717) is 5.56 Å². The van der Waals surface area contributed by atoms with Gasteiger partial charge >= 0.3 is 0 Å². The molecule has 2 aromatic rings. The van der Waals surface area contributed by atoms with Crippen LogP contribution in [0.15, 0.2) is 47.9 Å². The molecule has 0 fully saturated rings. The molecule has 0 saturated carbocycles. The van der Waals surface area contributed by atoms with E-state index < -0.39 is 9.05 Å². The number of halogens is 1. The topological polar surface area (TPSA) is 89.0 Å². The van der Waals surface area contributed by atoms with Gasteiger partial charge < -0.3 is 5.32 Å². The Balaban J connectivity index is 2.10. The number of carbonyl (C=O) groups excluding carboxylic acids is 1. The Hall–Kier alpha value is -1.99. The Morgan fingerprint density at radius 1 is 1.19 bits per heavy atom. The van der Waals surface area contributed by atoms with Crippen LogP contribution in [0.5, 0.6) is 0 Å². The van der Waals surface area contributed by atoms with Crippen LogP contribution in [0.4, 0.5) is 0 Å². The Labute approximate surface area is 126 Å². The lowest BCUT2D eigenvalue weighted by Gasteiger charge is -2.14. The highest BCUT2D eigenvalue weighted by atomic mass is 35.7. The summed E-state index contributed by atoms with van der Waals surface area (Å²) in [4.78, 5) is 19.5. The van der Waals surface area contributed by atoms with Crippen molar-refractivity contribution in [2.45, 2.75) is 17.9 Å². The molecule has 1 atom stereocenters. The first kappa shape index (κ1) is 15.4. The fourth-order valence-corrected chi connectivity index (χ4v) is 2.47. The zero-order valence-corrected chi connectivity index (χ0v) is 12.6. The quantitative estimate of drug-likeness (QED) is 0.867. The molecule has 6 nitrogen and oxygen atoms in total. The molecule has 1 aromatic heterocycles. The van der Waals surface area contributed by atoms with Crippen LogP contribution in [-0.4, -0.2) is 24.3 Å². The highest BCUT2D eigenvalue weighted by Crippen LogP contribution is 2.19. The van der Waals surface area contributed by atoms with E-state index in [-0.39, 0.29) is 16.8 Å². The monoisotopic (exact) mass is 325 g/mol. The van der Waals surface area contributed by atoms with Crippen LogP contribution in [0.25, 0.3) is 0 Å². The molecule has 0 aliphatic rings. The van der Waals surface area contributed by atoms with Crippen molar-refractivity contribution in [2.24, 2.45) is 0 Å². The van der Waals surface area contributed by atoms with Gasteiger partial charge in [0.15, 0.2) is 0 Å². The molecule has 0 spiro atoms. The predicted molar refractivity (Wildman–Crippen MR) is 77.4 cm³/mol. The van der Waals surface area contributed by atoms with Crippen molar-refractivity contribution < 1.29 is 13.2 Å². The summed E-state index contributed by atoms with van der Waals surface area (Å²) < 4.78 is 22.3. The standard InChI is InChI=1S/C13H12ClN3O3S/c1-9(17-13(18)11-6-15-8-16-7-11)10-2-4-12(5-3-10)21(14,19)20/h2-9H,1H3,(H,17,18). The lowest BCUT2D eigenvalue weighted by Crippen LogP contribution is -2.26. The minimum Gasteiger partial charge on any atom is -0.345 e. The minimum absolute atomic E-state index is 0.0166. The summed E-state index contributed by atoms with van der Waals surface area (Å²) in [5.41, 5.74) is 1.11. The largest absolute Gasteiger partial charge is 0.345 e. The molecule has 1 amide bonds. The fourth-order valence-electron chi connectivity index (χ4n) is 1.70. The van der Waals surface area contributed by atoms with Gasteiger partial charge in [-0.3, -0.25) is 4.79 Å². The van der Waals surface area contributed by atoms with Crippen LogP contribution in [0, 0.1) is 0 Å². The van der Waals surface area contributed by atoms with Crippen LogP contribution in [0.3, 0.4) is 0 Å². The van der Waals surface area contributed by atoms with Gasteiger partial charge in [0.05, 0.1) is 16.5 Å². The van der Waals surface area contributed by atoms with Gasteiger partial charge in [0.2, 0.25) is 0 Å². The molecular formula is C13H12ClN3O3S. The molecule has 2 rings (SSSR count). The summed E-state index contributed by atoms with van der Waals surface area (Å²) in [6.45, 7) is 1.78. The zero-order valence-electron chi connectivity index (χ0n) is 11.0. The number of carbonyl (C=O) groups is 1. The van der Waals surface area contributed by atoms with E-state index >= 15 is 0 Å². The van der Waals surface area contributed by atoms with Gasteiger partial charge in [-0.15, -0.1) is 0 Å². The van der Waals surface area contributed by atoms with E-state index in [1.54, 1.807) is 19.1 Å². The number of benzene rings is 1. The molecule has 1 aromatic carbocycles. The Morgan fingerprint density at radius 3 is 2.29 bits per heavy atom. The summed E-state index contributed by atoms with van der Waals surface area (Å²) >= 11 is 0. The van der Waals surface area contributed by atoms with E-state index in [2.05, 4.69) is 15.3 Å². The zero-order chi connectivity index (χ0) is 15.5. The third kappa shape index (κ3) is 3.99. The highest BCUT2D eigenvalue weighted by molar-refractivity contribution is 8.13. The van der Waals surface area contributed by atoms with Crippen LogP contribution in [0.2, 0.25) is 0 Å². The first-order valence-corrected chi connectivity index (χ1v) is 8.29. The van der Waals surface area contributed by atoms with Crippen LogP contribution < -0.4 is 5.32 Å². The molecule has 0 aliphatic carbocycles. The molecule has 8 heteroatoms. The van der Waals surface area contributed by atoms with Crippen molar-refractivity contribution >= 4 is 25.6 Å². The second kappa shape index (κ2) is 6.19. The highest BCUT2D eigenvalue weighted by Gasteiger charge is 2.14. The van der Waals surface area contributed by atoms with E-state index in [1.807, 2.05) is 0 Å². The molecule has 0 saturated heterocycles. The lowest BCUT2D eigenvalue weighted by molar-refractivity contribution is 0.0939. The maximum Gasteiger partial charge on any atom is 0.261 e. The average molecular weight is 326 g/mol. The Bertz CT molecular complexity index is 733. The summed E-state index contributed by atoms with van der Waals surface area (Å²) in [5, 5.41) is 2.77. The molecule has 110 valence electrons. The number of rotatable bonds is 4. The molecule has 0 bridgehead atoms. The number of nitrogens with zero attached hydrogens (tertiary/aromatic N) is 2. The van der Waals surface area contributed by atoms with Crippen LogP contribution >= 0.6 is 10.7 Å². The van der Waals surface area contributed by atoms with Crippen molar-refractivity contribution in [2.75, 3.05) is 0 Å². The number of nitrogens with one attached hydrogen (secondary N) is 1. The van der Waals surface area contributed by atoms with Crippen LogP contribution in [-0.2, 0) is 9.05 Å². The normalized spacial score (nSPS) is 12.7. The molecule has 1 N–H and O–H groups in total. The van der Waals surface area contributed by atoms with E-state index in [1.165, 1.54) is 30.9 Å². The summed E-state index contributed by atoms with van der Waals surface area (Å²) in [7, 11) is 1.50. The smallest absolute Gasteiger partial charge is 0.261 e. The van der Waals surface area contributed by atoms with E-state index in [9.17, 15) is 13.2 Å². The molecule has 1 unspecified atom stereocenters. The lowest BCUT2D eigenvalue weighted by atomic mass is 10.1. The van der Waals surface area contributed by atoms with E-state index in [0.717, 1.165) is 5.56 Å². The predicted octanol–water partition coefficient (Wildman–Crippen LogP) is 1.90. The van der Waals surface area contributed by atoms with Crippen LogP contribution in [0.1, 0.15) is 28.9 Å². The summed E-state index contributed by atoms with van der Waals surface area (Å²) in [6, 6.07) is 5.69. The van der Waals surface area contributed by atoms with Crippen molar-refractivity contribution in [1.82, 2.24) is 15.3 Å². The summed E-state index contributed by atoms with van der Waals surface area (Å²) in [6.07, 6.45) is 4.17. The first-order chi connectivity index (χ1) is 9.88. The average Bonchev–Trinajstić information content (AvgIpc) is 2.47. The van der Waals surface area contributed by atoms with Gasteiger partial charge in [-0.25, -0.2) is 18.4 Å². The van der Waals surface area contributed by atoms with Crippen molar-refractivity contribution in [3.8, 4) is 0 Å². The number of amides is 1. The number of hydrogen-bond donors (Lipinski definition) is 1. The Morgan fingerprint density at radius 2 is 1.76 bits per heavy atom. The van der Waals surface area contributed by atoms with Crippen molar-refractivity contribution in [3.63, 3.8) is 0 Å². The maximum atomic E-state index is 11.9. The minimum atomic E-state index is -3.74. The van der Waals surface area contributed by atoms with Gasteiger partial charge in [-0.05, 0) is 24.6 Å². The molecule has 21 heavy (non-hydrogen) atoms. The van der Waals surface area contributed by atoms with Gasteiger partial charge in [0.25, 0.3) is 15.0 Å². The Kier molecular flexibility index (Phi) is 4.54. The van der Waals surface area contributed by atoms with E-state index in [4.69, 9.17) is 10.7 Å². The molecule has 0 aliphatic heterocycles. The van der Waals surface area contributed by atoms with Crippen molar-refractivity contribution in [1.29, 1.82) is 0 Å². The van der Waals surface area contributed by atoms with Gasteiger partial charge in [-0.2, -0.15) is 0 Å². The molecular weight excluding hydrogens is 314 g/mol. The summed E-state index contributed by atoms with van der Waals surface area (Å²) in [5.74, 6) is -0.308. The first-order valence-electron chi connectivity index (χ1n) is 5.98. The third-order valence-corrected chi connectivity index (χ3v) is 4.20. The number of hydrogen-bond acceptors (Lipinski definition) is 5. The number of aromatic nitrogens is 2. The maximum absolute atomic E-state index is 11.9. The fraction of sp³-hybridized carbons (Fsp3) is 0.154. The van der Waals surface area contributed by atoms with Gasteiger partial charge in [-0.1, -0.05) is 12.1 Å². The molecule has 0 radical (unpaired) electrons. The third-order valence-electron chi connectivity index (χ3n) is 2.83. The van der Waals surface area contributed by atoms with Crippen molar-refractivity contribution in [3.05, 3.63) is 54.1 Å². The van der Waals surface area contributed by atoms with Gasteiger partial charge in [0.1, 0.15) is 6.33 Å². The second-order valence-corrected chi connectivity index (χ2v) is 6.90. The molecule has 1 heterocycles.